The van der Waals surface area contributed by atoms with Gasteiger partial charge in [-0.25, -0.2) is 0 Å². The van der Waals surface area contributed by atoms with Crippen molar-refractivity contribution in [2.45, 2.75) is 45.3 Å². The van der Waals surface area contributed by atoms with Crippen molar-refractivity contribution < 1.29 is 9.26 Å². The maximum atomic E-state index is 5.51. The number of ether oxygens (including phenoxy) is 1. The Balaban J connectivity index is 1.95. The summed E-state index contributed by atoms with van der Waals surface area (Å²) in [4.78, 5) is 4.38. The third-order valence-corrected chi connectivity index (χ3v) is 2.75. The summed E-state index contributed by atoms with van der Waals surface area (Å²) in [6.07, 6.45) is 3.21. The average molecular weight is 225 g/mol. The van der Waals surface area contributed by atoms with Gasteiger partial charge in [-0.2, -0.15) is 4.98 Å². The number of aromatic nitrogens is 2. The zero-order chi connectivity index (χ0) is 11.4. The van der Waals surface area contributed by atoms with Gasteiger partial charge in [0.1, 0.15) is 6.10 Å². The Labute approximate surface area is 95.6 Å². The number of rotatable bonds is 5. The highest BCUT2D eigenvalue weighted by Gasteiger charge is 2.24. The zero-order valence-electron chi connectivity index (χ0n) is 9.90. The lowest BCUT2D eigenvalue weighted by Gasteiger charge is -2.07. The van der Waals surface area contributed by atoms with Gasteiger partial charge < -0.3 is 14.6 Å². The molecule has 16 heavy (non-hydrogen) atoms. The van der Waals surface area contributed by atoms with Crippen LogP contribution in [0.3, 0.4) is 0 Å². The van der Waals surface area contributed by atoms with E-state index in [1.54, 1.807) is 0 Å². The molecule has 1 aliphatic rings. The minimum absolute atomic E-state index is 0.0378. The Hall–Kier alpha value is -0.940. The van der Waals surface area contributed by atoms with Crippen molar-refractivity contribution in [1.82, 2.24) is 15.5 Å². The molecule has 0 aliphatic carbocycles. The molecule has 0 aromatic carbocycles. The van der Waals surface area contributed by atoms with Gasteiger partial charge in [-0.3, -0.25) is 0 Å². The molecule has 0 spiro atoms. The van der Waals surface area contributed by atoms with Gasteiger partial charge in [0.05, 0.1) is 6.04 Å². The molecule has 0 amide bonds. The van der Waals surface area contributed by atoms with E-state index in [1.807, 2.05) is 6.92 Å². The van der Waals surface area contributed by atoms with Crippen molar-refractivity contribution in [3.05, 3.63) is 11.7 Å². The molecule has 1 aromatic heterocycles. The highest BCUT2D eigenvalue weighted by atomic mass is 16.5. The summed E-state index contributed by atoms with van der Waals surface area (Å²) in [5, 5.41) is 7.29. The van der Waals surface area contributed by atoms with E-state index in [-0.39, 0.29) is 12.1 Å². The highest BCUT2D eigenvalue weighted by molar-refractivity contribution is 4.96. The van der Waals surface area contributed by atoms with Crippen LogP contribution in [0.25, 0.3) is 0 Å². The lowest BCUT2D eigenvalue weighted by molar-refractivity contribution is 0.103. The molecule has 90 valence electrons. The molecular weight excluding hydrogens is 206 g/mol. The van der Waals surface area contributed by atoms with Gasteiger partial charge >= 0.3 is 0 Å². The van der Waals surface area contributed by atoms with E-state index in [1.165, 1.54) is 0 Å². The average Bonchev–Trinajstić information content (AvgIpc) is 2.94. The summed E-state index contributed by atoms with van der Waals surface area (Å²) < 4.78 is 10.7. The van der Waals surface area contributed by atoms with Crippen LogP contribution in [0.5, 0.6) is 0 Å². The lowest BCUT2D eigenvalue weighted by Crippen LogP contribution is -2.19. The summed E-state index contributed by atoms with van der Waals surface area (Å²) in [7, 11) is 0. The topological polar surface area (TPSA) is 60.2 Å². The van der Waals surface area contributed by atoms with E-state index >= 15 is 0 Å². The summed E-state index contributed by atoms with van der Waals surface area (Å²) in [5.41, 5.74) is 0. The Bertz CT molecular complexity index is 321. The van der Waals surface area contributed by atoms with Crippen LogP contribution >= 0.6 is 0 Å². The van der Waals surface area contributed by atoms with Crippen molar-refractivity contribution in [1.29, 1.82) is 0 Å². The van der Waals surface area contributed by atoms with Gasteiger partial charge in [0.15, 0.2) is 0 Å². The van der Waals surface area contributed by atoms with Crippen LogP contribution < -0.4 is 5.32 Å². The van der Waals surface area contributed by atoms with Gasteiger partial charge in [0.25, 0.3) is 0 Å². The third kappa shape index (κ3) is 2.59. The standard InChI is InChI=1S/C11H19N3O2/c1-3-6-12-8(2)11-13-10(14-16-11)9-5-4-7-15-9/h8-9,12H,3-7H2,1-2H3. The van der Waals surface area contributed by atoms with E-state index in [4.69, 9.17) is 9.26 Å². The first-order valence-corrected chi connectivity index (χ1v) is 5.99. The second-order valence-corrected chi connectivity index (χ2v) is 4.17. The van der Waals surface area contributed by atoms with Crippen molar-refractivity contribution in [3.63, 3.8) is 0 Å². The monoisotopic (exact) mass is 225 g/mol. The summed E-state index contributed by atoms with van der Waals surface area (Å²) in [6, 6.07) is 0.114. The van der Waals surface area contributed by atoms with Crippen molar-refractivity contribution >= 4 is 0 Å². The molecule has 1 aromatic rings. The van der Waals surface area contributed by atoms with Crippen LogP contribution in [0, 0.1) is 0 Å². The molecule has 2 unspecified atom stereocenters. The molecule has 5 heteroatoms. The van der Waals surface area contributed by atoms with Crippen LogP contribution in [-0.2, 0) is 4.74 Å². The van der Waals surface area contributed by atoms with E-state index in [0.29, 0.717) is 11.7 Å². The molecule has 1 aliphatic heterocycles. The van der Waals surface area contributed by atoms with Crippen LogP contribution in [-0.4, -0.2) is 23.3 Å². The minimum atomic E-state index is 0.0378. The van der Waals surface area contributed by atoms with Crippen molar-refractivity contribution in [3.8, 4) is 0 Å². The quantitative estimate of drug-likeness (QED) is 0.830. The van der Waals surface area contributed by atoms with Crippen LogP contribution in [0.4, 0.5) is 0 Å². The van der Waals surface area contributed by atoms with Gasteiger partial charge in [-0.1, -0.05) is 12.1 Å². The molecule has 5 nitrogen and oxygen atoms in total. The molecule has 2 rings (SSSR count). The van der Waals surface area contributed by atoms with Crippen LogP contribution in [0.15, 0.2) is 4.52 Å². The smallest absolute Gasteiger partial charge is 0.243 e. The maximum Gasteiger partial charge on any atom is 0.243 e. The summed E-state index contributed by atoms with van der Waals surface area (Å²) in [5.74, 6) is 1.34. The van der Waals surface area contributed by atoms with Crippen molar-refractivity contribution in [2.75, 3.05) is 13.2 Å². The second-order valence-electron chi connectivity index (χ2n) is 4.17. The predicted molar refractivity (Wildman–Crippen MR) is 58.9 cm³/mol. The molecule has 2 heterocycles. The first-order chi connectivity index (χ1) is 7.81. The van der Waals surface area contributed by atoms with E-state index in [9.17, 15) is 0 Å². The molecular formula is C11H19N3O2. The first-order valence-electron chi connectivity index (χ1n) is 5.99. The Morgan fingerprint density at radius 2 is 2.44 bits per heavy atom. The largest absolute Gasteiger partial charge is 0.370 e. The normalized spacial score (nSPS) is 22.5. The predicted octanol–water partition coefficient (Wildman–Crippen LogP) is 1.98. The Kier molecular flexibility index (Phi) is 3.90. The molecule has 0 radical (unpaired) electrons. The number of hydrogen-bond acceptors (Lipinski definition) is 5. The van der Waals surface area contributed by atoms with Gasteiger partial charge in [0, 0.05) is 6.61 Å². The molecule has 1 fully saturated rings. The SMILES string of the molecule is CCCNC(C)c1nc(C2CCCO2)no1. The fourth-order valence-corrected chi connectivity index (χ4v) is 1.78. The van der Waals surface area contributed by atoms with Crippen LogP contribution in [0.1, 0.15) is 57.0 Å². The molecule has 1 N–H and O–H groups in total. The van der Waals surface area contributed by atoms with Crippen LogP contribution in [0.2, 0.25) is 0 Å². The first kappa shape index (κ1) is 11.5. The fourth-order valence-electron chi connectivity index (χ4n) is 1.78. The summed E-state index contributed by atoms with van der Waals surface area (Å²) >= 11 is 0. The number of hydrogen-bond donors (Lipinski definition) is 1. The molecule has 1 saturated heterocycles. The Morgan fingerprint density at radius 1 is 1.56 bits per heavy atom. The second kappa shape index (κ2) is 5.41. The zero-order valence-corrected chi connectivity index (χ0v) is 9.90. The molecule has 2 atom stereocenters. The van der Waals surface area contributed by atoms with E-state index in [0.717, 1.165) is 32.4 Å². The van der Waals surface area contributed by atoms with E-state index < -0.39 is 0 Å². The Morgan fingerprint density at radius 3 is 3.12 bits per heavy atom. The molecule has 0 bridgehead atoms. The minimum Gasteiger partial charge on any atom is -0.370 e. The fraction of sp³-hybridized carbons (Fsp3) is 0.818. The van der Waals surface area contributed by atoms with Crippen molar-refractivity contribution in [2.24, 2.45) is 0 Å². The summed E-state index contributed by atoms with van der Waals surface area (Å²) in [6.45, 7) is 5.92. The lowest BCUT2D eigenvalue weighted by atomic mass is 10.2. The third-order valence-electron chi connectivity index (χ3n) is 2.75. The number of nitrogens with one attached hydrogen (secondary N) is 1. The van der Waals surface area contributed by atoms with Gasteiger partial charge in [0.2, 0.25) is 11.7 Å². The maximum absolute atomic E-state index is 5.51. The highest BCUT2D eigenvalue weighted by Crippen LogP contribution is 2.26. The van der Waals surface area contributed by atoms with E-state index in [2.05, 4.69) is 22.4 Å². The van der Waals surface area contributed by atoms with Gasteiger partial charge in [-0.05, 0) is 32.7 Å². The molecule has 0 saturated carbocycles. The number of nitrogens with zero attached hydrogens (tertiary/aromatic N) is 2. The van der Waals surface area contributed by atoms with Gasteiger partial charge in [-0.15, -0.1) is 0 Å².